The number of hydrogen-bond acceptors (Lipinski definition) is 2. The minimum atomic E-state index is 0.0742. The number of benzene rings is 2. The Kier molecular flexibility index (Phi) is 5.52. The first-order chi connectivity index (χ1) is 10.2. The van der Waals surface area contributed by atoms with Crippen LogP contribution in [0.4, 0.5) is 0 Å². The van der Waals surface area contributed by atoms with Crippen LogP contribution in [0.25, 0.3) is 11.1 Å². The normalized spacial score (nSPS) is 10.4. The topological polar surface area (TPSA) is 41.1 Å². The minimum absolute atomic E-state index is 0.0742. The zero-order valence-electron chi connectivity index (χ0n) is 12.6. The molecule has 2 aromatic carbocycles. The van der Waals surface area contributed by atoms with Crippen LogP contribution in [0.1, 0.15) is 17.5 Å². The summed E-state index contributed by atoms with van der Waals surface area (Å²) in [6, 6.07) is 16.8. The second kappa shape index (κ2) is 7.60. The molecule has 0 unspecified atom stereocenters. The van der Waals surface area contributed by atoms with Crippen molar-refractivity contribution in [1.29, 1.82) is 0 Å². The van der Waals surface area contributed by atoms with E-state index in [0.29, 0.717) is 19.5 Å². The van der Waals surface area contributed by atoms with Crippen molar-refractivity contribution in [1.82, 2.24) is 10.6 Å². The Morgan fingerprint density at radius 2 is 1.81 bits per heavy atom. The molecule has 2 aromatic rings. The van der Waals surface area contributed by atoms with Crippen molar-refractivity contribution in [3.8, 4) is 11.1 Å². The van der Waals surface area contributed by atoms with Crippen LogP contribution in [0.3, 0.4) is 0 Å². The van der Waals surface area contributed by atoms with Crippen molar-refractivity contribution in [2.45, 2.75) is 19.9 Å². The molecule has 1 amide bonds. The van der Waals surface area contributed by atoms with E-state index in [2.05, 4.69) is 54.0 Å². The molecule has 3 heteroatoms. The summed E-state index contributed by atoms with van der Waals surface area (Å²) in [4.78, 5) is 11.6. The average molecular weight is 282 g/mol. The van der Waals surface area contributed by atoms with Crippen molar-refractivity contribution in [2.24, 2.45) is 0 Å². The quantitative estimate of drug-likeness (QED) is 0.855. The van der Waals surface area contributed by atoms with Crippen LogP contribution in [-0.2, 0) is 11.3 Å². The average Bonchev–Trinajstić information content (AvgIpc) is 2.52. The molecule has 0 radical (unpaired) electrons. The number of nitrogens with one attached hydrogen (secondary N) is 2. The first kappa shape index (κ1) is 15.3. The maximum absolute atomic E-state index is 11.6. The largest absolute Gasteiger partial charge is 0.352 e. The van der Waals surface area contributed by atoms with E-state index >= 15 is 0 Å². The molecule has 0 aliphatic carbocycles. The predicted molar refractivity (Wildman–Crippen MR) is 87.0 cm³/mol. The van der Waals surface area contributed by atoms with Crippen LogP contribution < -0.4 is 10.6 Å². The van der Waals surface area contributed by atoms with Crippen LogP contribution in [0.5, 0.6) is 0 Å². The van der Waals surface area contributed by atoms with E-state index in [0.717, 1.165) is 5.56 Å². The second-order valence-electron chi connectivity index (χ2n) is 5.20. The molecule has 0 bridgehead atoms. The van der Waals surface area contributed by atoms with E-state index in [4.69, 9.17) is 0 Å². The number of rotatable bonds is 6. The summed E-state index contributed by atoms with van der Waals surface area (Å²) in [6.45, 7) is 3.36. The first-order valence-corrected chi connectivity index (χ1v) is 7.26. The van der Waals surface area contributed by atoms with E-state index in [-0.39, 0.29) is 5.91 Å². The highest BCUT2D eigenvalue weighted by Crippen LogP contribution is 2.20. The number of carbonyl (C=O) groups excluding carboxylic acids is 1. The summed E-state index contributed by atoms with van der Waals surface area (Å²) >= 11 is 0. The highest BCUT2D eigenvalue weighted by atomic mass is 16.1. The minimum Gasteiger partial charge on any atom is -0.352 e. The smallest absolute Gasteiger partial charge is 0.221 e. The Morgan fingerprint density at radius 1 is 1.05 bits per heavy atom. The Morgan fingerprint density at radius 3 is 2.52 bits per heavy atom. The van der Waals surface area contributed by atoms with Gasteiger partial charge in [0.25, 0.3) is 0 Å². The van der Waals surface area contributed by atoms with E-state index in [1.807, 2.05) is 19.2 Å². The maximum atomic E-state index is 11.6. The first-order valence-electron chi connectivity index (χ1n) is 7.26. The molecule has 0 heterocycles. The van der Waals surface area contributed by atoms with Crippen molar-refractivity contribution in [3.05, 3.63) is 59.7 Å². The molecule has 0 aliphatic rings. The lowest BCUT2D eigenvalue weighted by atomic mass is 10.0. The van der Waals surface area contributed by atoms with Crippen molar-refractivity contribution < 1.29 is 4.79 Å². The zero-order chi connectivity index (χ0) is 15.1. The lowest BCUT2D eigenvalue weighted by molar-refractivity contribution is -0.121. The molecule has 0 saturated carbocycles. The van der Waals surface area contributed by atoms with Gasteiger partial charge in [-0.1, -0.05) is 48.0 Å². The Labute approximate surface area is 126 Å². The van der Waals surface area contributed by atoms with Gasteiger partial charge < -0.3 is 10.6 Å². The van der Waals surface area contributed by atoms with Gasteiger partial charge in [0.05, 0.1) is 0 Å². The summed E-state index contributed by atoms with van der Waals surface area (Å²) in [7, 11) is 1.85. The van der Waals surface area contributed by atoms with Crippen molar-refractivity contribution in [2.75, 3.05) is 13.6 Å². The molecule has 2 N–H and O–H groups in total. The van der Waals surface area contributed by atoms with Crippen LogP contribution >= 0.6 is 0 Å². The number of hydrogen-bond donors (Lipinski definition) is 2. The molecule has 0 atom stereocenters. The van der Waals surface area contributed by atoms with Gasteiger partial charge in [-0.15, -0.1) is 0 Å². The molecule has 110 valence electrons. The molecule has 0 fully saturated rings. The van der Waals surface area contributed by atoms with Crippen molar-refractivity contribution >= 4 is 5.91 Å². The van der Waals surface area contributed by atoms with Crippen LogP contribution in [0, 0.1) is 6.92 Å². The van der Waals surface area contributed by atoms with Gasteiger partial charge in [0.2, 0.25) is 5.91 Å². The monoisotopic (exact) mass is 282 g/mol. The fraction of sp³-hybridized carbons (Fsp3) is 0.278. The molecule has 3 nitrogen and oxygen atoms in total. The van der Waals surface area contributed by atoms with Crippen molar-refractivity contribution in [3.63, 3.8) is 0 Å². The zero-order valence-corrected chi connectivity index (χ0v) is 12.6. The summed E-state index contributed by atoms with van der Waals surface area (Å²) in [5, 5.41) is 5.91. The summed E-state index contributed by atoms with van der Waals surface area (Å²) < 4.78 is 0. The van der Waals surface area contributed by atoms with Gasteiger partial charge in [0.1, 0.15) is 0 Å². The summed E-state index contributed by atoms with van der Waals surface area (Å²) in [6.07, 6.45) is 0.508. The standard InChI is InChI=1S/C18H22N2O/c1-14-6-8-16(9-7-14)17-5-3-4-15(12-17)13-20-18(21)10-11-19-2/h3-9,12,19H,10-11,13H2,1-2H3,(H,20,21). The maximum Gasteiger partial charge on any atom is 0.221 e. The second-order valence-corrected chi connectivity index (χ2v) is 5.20. The highest BCUT2D eigenvalue weighted by molar-refractivity contribution is 5.76. The van der Waals surface area contributed by atoms with Gasteiger partial charge >= 0.3 is 0 Å². The third kappa shape index (κ3) is 4.72. The number of amides is 1. The van der Waals surface area contributed by atoms with Gasteiger partial charge in [0, 0.05) is 19.5 Å². The van der Waals surface area contributed by atoms with Gasteiger partial charge in [-0.2, -0.15) is 0 Å². The van der Waals surface area contributed by atoms with E-state index in [1.165, 1.54) is 16.7 Å². The predicted octanol–water partition coefficient (Wildman–Crippen LogP) is 2.89. The molecular weight excluding hydrogens is 260 g/mol. The molecule has 2 rings (SSSR count). The van der Waals surface area contributed by atoms with E-state index in [9.17, 15) is 4.79 Å². The van der Waals surface area contributed by atoms with Gasteiger partial charge in [-0.25, -0.2) is 0 Å². The Balaban J connectivity index is 2.01. The third-order valence-electron chi connectivity index (χ3n) is 3.40. The van der Waals surface area contributed by atoms with Crippen LogP contribution in [-0.4, -0.2) is 19.5 Å². The summed E-state index contributed by atoms with van der Waals surface area (Å²) in [5.41, 5.74) is 4.75. The fourth-order valence-electron chi connectivity index (χ4n) is 2.13. The molecule has 0 saturated heterocycles. The highest BCUT2D eigenvalue weighted by Gasteiger charge is 2.02. The third-order valence-corrected chi connectivity index (χ3v) is 3.40. The van der Waals surface area contributed by atoms with Crippen LogP contribution in [0.15, 0.2) is 48.5 Å². The number of aryl methyl sites for hydroxylation is 1. The lowest BCUT2D eigenvalue weighted by Crippen LogP contribution is -2.26. The molecule has 0 aromatic heterocycles. The van der Waals surface area contributed by atoms with Crippen LogP contribution in [0.2, 0.25) is 0 Å². The SMILES string of the molecule is CNCCC(=O)NCc1cccc(-c2ccc(C)cc2)c1. The number of carbonyl (C=O) groups is 1. The molecule has 0 spiro atoms. The van der Waals surface area contributed by atoms with E-state index < -0.39 is 0 Å². The lowest BCUT2D eigenvalue weighted by Gasteiger charge is -2.08. The fourth-order valence-corrected chi connectivity index (χ4v) is 2.13. The van der Waals surface area contributed by atoms with Gasteiger partial charge in [-0.05, 0) is 36.7 Å². The Hall–Kier alpha value is -2.13. The molecule has 0 aliphatic heterocycles. The molecular formula is C18H22N2O. The van der Waals surface area contributed by atoms with Gasteiger partial charge in [-0.3, -0.25) is 4.79 Å². The Bertz CT molecular complexity index is 590. The summed E-state index contributed by atoms with van der Waals surface area (Å²) in [5.74, 6) is 0.0742. The van der Waals surface area contributed by atoms with E-state index in [1.54, 1.807) is 0 Å². The van der Waals surface area contributed by atoms with Gasteiger partial charge in [0.15, 0.2) is 0 Å². The molecule has 21 heavy (non-hydrogen) atoms.